The fourth-order valence-corrected chi connectivity index (χ4v) is 5.19. The molecule has 0 aliphatic carbocycles. The van der Waals surface area contributed by atoms with Gasteiger partial charge in [-0.1, -0.05) is 49.5 Å². The molecule has 1 fully saturated rings. The molecule has 0 saturated carbocycles. The van der Waals surface area contributed by atoms with Gasteiger partial charge in [0.15, 0.2) is 0 Å². The molecule has 0 aromatic heterocycles. The smallest absolute Gasteiger partial charge is 0.109 e. The van der Waals surface area contributed by atoms with Gasteiger partial charge in [-0.15, -0.1) is 0 Å². The SMILES string of the molecule is CC1CC(C)(C)N(Cc2ccccc2)c2ccc(C(=S)N3CCN(C)CC3)cc21. The summed E-state index contributed by atoms with van der Waals surface area (Å²) in [4.78, 5) is 8.33. The molecular formula is C25H33N3S. The average Bonchev–Trinajstić information content (AvgIpc) is 2.71. The lowest BCUT2D eigenvalue weighted by Gasteiger charge is -2.48. The van der Waals surface area contributed by atoms with Crippen molar-refractivity contribution in [1.82, 2.24) is 9.80 Å². The van der Waals surface area contributed by atoms with Crippen LogP contribution in [0.5, 0.6) is 0 Å². The monoisotopic (exact) mass is 407 g/mol. The van der Waals surface area contributed by atoms with Gasteiger partial charge in [0.2, 0.25) is 0 Å². The Bertz CT molecular complexity index is 869. The third-order valence-electron chi connectivity index (χ3n) is 6.61. The number of thiocarbonyl (C=S) groups is 1. The number of likely N-dealkylation sites (N-methyl/N-ethyl adjacent to an activating group) is 1. The summed E-state index contributed by atoms with van der Waals surface area (Å²) in [5, 5.41) is 0. The quantitative estimate of drug-likeness (QED) is 0.669. The Morgan fingerprint density at radius 1 is 1.03 bits per heavy atom. The van der Waals surface area contributed by atoms with E-state index in [1.165, 1.54) is 22.4 Å². The highest BCUT2D eigenvalue weighted by Gasteiger charge is 2.36. The molecule has 154 valence electrons. The molecule has 1 unspecified atom stereocenters. The van der Waals surface area contributed by atoms with Crippen molar-refractivity contribution in [3.63, 3.8) is 0 Å². The number of piperazine rings is 1. The molecule has 2 heterocycles. The number of hydrogen-bond acceptors (Lipinski definition) is 3. The average molecular weight is 408 g/mol. The van der Waals surface area contributed by atoms with Crippen LogP contribution >= 0.6 is 12.2 Å². The predicted octanol–water partition coefficient (Wildman–Crippen LogP) is 4.90. The highest BCUT2D eigenvalue weighted by molar-refractivity contribution is 7.80. The van der Waals surface area contributed by atoms with Gasteiger partial charge in [0.25, 0.3) is 0 Å². The van der Waals surface area contributed by atoms with Gasteiger partial charge < -0.3 is 14.7 Å². The molecule has 2 aromatic rings. The molecule has 0 bridgehead atoms. The first-order chi connectivity index (χ1) is 13.8. The second kappa shape index (κ2) is 8.08. The summed E-state index contributed by atoms with van der Waals surface area (Å²) < 4.78 is 0. The molecule has 4 heteroatoms. The molecule has 1 saturated heterocycles. The number of benzene rings is 2. The van der Waals surface area contributed by atoms with Crippen LogP contribution in [0.2, 0.25) is 0 Å². The minimum atomic E-state index is 0.127. The summed E-state index contributed by atoms with van der Waals surface area (Å²) in [7, 11) is 2.18. The van der Waals surface area contributed by atoms with Crippen molar-refractivity contribution in [2.24, 2.45) is 0 Å². The van der Waals surface area contributed by atoms with Gasteiger partial charge in [-0.2, -0.15) is 0 Å². The van der Waals surface area contributed by atoms with Gasteiger partial charge in [-0.25, -0.2) is 0 Å². The minimum Gasteiger partial charge on any atom is -0.362 e. The number of rotatable bonds is 3. The number of fused-ring (bicyclic) bond motifs is 1. The Hall–Kier alpha value is -1.91. The summed E-state index contributed by atoms with van der Waals surface area (Å²) in [6.07, 6.45) is 1.15. The molecule has 2 aliphatic rings. The molecule has 29 heavy (non-hydrogen) atoms. The summed E-state index contributed by atoms with van der Waals surface area (Å²) in [6, 6.07) is 17.7. The standard InChI is InChI=1S/C25H33N3S/c1-19-17-25(2,3)28(18-20-8-6-5-7-9-20)23-11-10-21(16-22(19)23)24(29)27-14-12-26(4)13-15-27/h5-11,16,19H,12-15,17-18H2,1-4H3. The molecule has 0 spiro atoms. The molecule has 2 aromatic carbocycles. The zero-order chi connectivity index (χ0) is 20.6. The lowest BCUT2D eigenvalue weighted by atomic mass is 9.79. The van der Waals surface area contributed by atoms with E-state index in [0.29, 0.717) is 5.92 Å². The second-order valence-electron chi connectivity index (χ2n) is 9.36. The van der Waals surface area contributed by atoms with Crippen molar-refractivity contribution in [3.8, 4) is 0 Å². The highest BCUT2D eigenvalue weighted by Crippen LogP contribution is 2.44. The zero-order valence-electron chi connectivity index (χ0n) is 18.2. The molecule has 4 rings (SSSR count). The fourth-order valence-electron chi connectivity index (χ4n) is 4.88. The molecule has 1 atom stereocenters. The van der Waals surface area contributed by atoms with Gasteiger partial charge in [0.1, 0.15) is 4.99 Å². The summed E-state index contributed by atoms with van der Waals surface area (Å²) in [5.41, 5.74) is 5.49. The van der Waals surface area contributed by atoms with Crippen molar-refractivity contribution in [2.45, 2.75) is 45.2 Å². The molecule has 0 amide bonds. The van der Waals surface area contributed by atoms with Crippen LogP contribution in [0.4, 0.5) is 5.69 Å². The molecular weight excluding hydrogens is 374 g/mol. The zero-order valence-corrected chi connectivity index (χ0v) is 19.0. The van der Waals surface area contributed by atoms with Crippen LogP contribution in [-0.4, -0.2) is 53.6 Å². The minimum absolute atomic E-state index is 0.127. The summed E-state index contributed by atoms with van der Waals surface area (Å²) in [6.45, 7) is 12.3. The van der Waals surface area contributed by atoms with Crippen LogP contribution < -0.4 is 4.90 Å². The topological polar surface area (TPSA) is 9.72 Å². The fraction of sp³-hybridized carbons (Fsp3) is 0.480. The van der Waals surface area contributed by atoms with Crippen molar-refractivity contribution in [2.75, 3.05) is 38.1 Å². The predicted molar refractivity (Wildman–Crippen MR) is 127 cm³/mol. The van der Waals surface area contributed by atoms with E-state index in [9.17, 15) is 0 Å². The Labute approximate surface area is 181 Å². The largest absolute Gasteiger partial charge is 0.362 e. The maximum Gasteiger partial charge on any atom is 0.109 e. The van der Waals surface area contributed by atoms with Gasteiger partial charge in [0.05, 0.1) is 0 Å². The maximum atomic E-state index is 5.90. The van der Waals surface area contributed by atoms with Crippen LogP contribution in [0.1, 0.15) is 49.8 Å². The van der Waals surface area contributed by atoms with Crippen molar-refractivity contribution in [3.05, 3.63) is 65.2 Å². The molecule has 3 nitrogen and oxygen atoms in total. The second-order valence-corrected chi connectivity index (χ2v) is 9.75. The Morgan fingerprint density at radius 3 is 2.41 bits per heavy atom. The molecule has 2 aliphatic heterocycles. The molecule has 0 radical (unpaired) electrons. The molecule has 0 N–H and O–H groups in total. The van der Waals surface area contributed by atoms with Crippen LogP contribution in [0.3, 0.4) is 0 Å². The third kappa shape index (κ3) is 4.19. The van der Waals surface area contributed by atoms with Crippen molar-refractivity contribution in [1.29, 1.82) is 0 Å². The first-order valence-electron chi connectivity index (χ1n) is 10.8. The van der Waals surface area contributed by atoms with E-state index < -0.39 is 0 Å². The van der Waals surface area contributed by atoms with E-state index in [0.717, 1.165) is 44.1 Å². The van der Waals surface area contributed by atoms with E-state index in [1.54, 1.807) is 0 Å². The number of anilines is 1. The van der Waals surface area contributed by atoms with E-state index >= 15 is 0 Å². The summed E-state index contributed by atoms with van der Waals surface area (Å²) in [5.74, 6) is 0.530. The van der Waals surface area contributed by atoms with Crippen molar-refractivity contribution >= 4 is 22.9 Å². The Balaban J connectivity index is 1.64. The van der Waals surface area contributed by atoms with Gasteiger partial charge in [-0.05, 0) is 62.6 Å². The third-order valence-corrected chi connectivity index (χ3v) is 7.10. The van der Waals surface area contributed by atoms with E-state index in [2.05, 4.69) is 91.0 Å². The Morgan fingerprint density at radius 2 is 1.72 bits per heavy atom. The lowest BCUT2D eigenvalue weighted by molar-refractivity contribution is 0.218. The Kier molecular flexibility index (Phi) is 5.67. The summed E-state index contributed by atoms with van der Waals surface area (Å²) >= 11 is 5.90. The van der Waals surface area contributed by atoms with Crippen LogP contribution in [-0.2, 0) is 6.54 Å². The number of nitrogens with zero attached hydrogens (tertiary/aromatic N) is 3. The lowest BCUT2D eigenvalue weighted by Crippen LogP contribution is -2.48. The van der Waals surface area contributed by atoms with Gasteiger partial charge in [0, 0.05) is 49.5 Å². The van der Waals surface area contributed by atoms with Crippen LogP contribution in [0.15, 0.2) is 48.5 Å². The number of hydrogen-bond donors (Lipinski definition) is 0. The normalized spacial score (nSPS) is 21.7. The van der Waals surface area contributed by atoms with Gasteiger partial charge >= 0.3 is 0 Å². The van der Waals surface area contributed by atoms with E-state index in [1.807, 2.05) is 0 Å². The van der Waals surface area contributed by atoms with E-state index in [4.69, 9.17) is 12.2 Å². The highest BCUT2D eigenvalue weighted by atomic mass is 32.1. The van der Waals surface area contributed by atoms with Gasteiger partial charge in [-0.3, -0.25) is 0 Å². The van der Waals surface area contributed by atoms with Crippen LogP contribution in [0.25, 0.3) is 0 Å². The van der Waals surface area contributed by atoms with E-state index in [-0.39, 0.29) is 5.54 Å². The van der Waals surface area contributed by atoms with Crippen molar-refractivity contribution < 1.29 is 0 Å². The first-order valence-corrected chi connectivity index (χ1v) is 11.2. The maximum absolute atomic E-state index is 5.90. The van der Waals surface area contributed by atoms with Crippen LogP contribution in [0, 0.1) is 0 Å². The first kappa shape index (κ1) is 20.4.